The highest BCUT2D eigenvalue weighted by Crippen LogP contribution is 2.41. The minimum Gasteiger partial charge on any atom is -0.351 e. The minimum absolute atomic E-state index is 0.303. The standard InChI is InChI=1S/C21H24N4O4S4/c1-24(33(28,29)19-6-3-9-30-19)18-5-2-4-15-12-17(23-20(15)18)21-22-13-16(31-21)14-25-7-10-32(26,27)11-8-25/h2-6,9,12-13,23,26-27H,7-8,10-11,14H2,1H3. The Bertz CT molecular complexity index is 1370. The van der Waals surface area contributed by atoms with E-state index in [-0.39, 0.29) is 0 Å². The van der Waals surface area contributed by atoms with Gasteiger partial charge >= 0.3 is 0 Å². The number of sulfonamides is 1. The molecule has 1 saturated heterocycles. The molecule has 0 bridgehead atoms. The number of nitrogens with one attached hydrogen (secondary N) is 1. The Morgan fingerprint density at radius 1 is 1.21 bits per heavy atom. The van der Waals surface area contributed by atoms with Crippen LogP contribution in [0.4, 0.5) is 5.69 Å². The van der Waals surface area contributed by atoms with Crippen LogP contribution in [-0.2, 0) is 16.6 Å². The van der Waals surface area contributed by atoms with Crippen molar-refractivity contribution in [3.05, 3.63) is 52.9 Å². The molecular weight excluding hydrogens is 501 g/mol. The number of hydrogen-bond donors (Lipinski definition) is 3. The number of benzene rings is 1. The molecule has 176 valence electrons. The number of rotatable bonds is 6. The summed E-state index contributed by atoms with van der Waals surface area (Å²) in [6, 6.07) is 10.9. The summed E-state index contributed by atoms with van der Waals surface area (Å²) in [7, 11) is -4.47. The first-order valence-corrected chi connectivity index (χ1v) is 15.3. The van der Waals surface area contributed by atoms with Gasteiger partial charge in [-0.25, -0.2) is 13.4 Å². The van der Waals surface area contributed by atoms with Crippen molar-refractivity contribution in [3.8, 4) is 10.7 Å². The molecule has 0 atom stereocenters. The third-order valence-electron chi connectivity index (χ3n) is 5.72. The average Bonchev–Trinajstić information content (AvgIpc) is 3.54. The normalized spacial score (nSPS) is 17.9. The van der Waals surface area contributed by atoms with E-state index in [2.05, 4.69) is 14.9 Å². The van der Waals surface area contributed by atoms with Crippen LogP contribution in [0.2, 0.25) is 0 Å². The minimum atomic E-state index is -3.64. The first-order chi connectivity index (χ1) is 15.7. The maximum Gasteiger partial charge on any atom is 0.273 e. The highest BCUT2D eigenvalue weighted by atomic mass is 32.3. The fourth-order valence-corrected chi connectivity index (χ4v) is 8.44. The van der Waals surface area contributed by atoms with Gasteiger partial charge in [0, 0.05) is 43.1 Å². The zero-order chi connectivity index (χ0) is 23.2. The molecule has 1 aliphatic heterocycles. The average molecular weight is 525 g/mol. The van der Waals surface area contributed by atoms with Gasteiger partial charge in [-0.2, -0.15) is 10.6 Å². The Morgan fingerprint density at radius 3 is 2.73 bits per heavy atom. The number of fused-ring (bicyclic) bond motifs is 1. The van der Waals surface area contributed by atoms with Gasteiger partial charge in [-0.05, 0) is 23.6 Å². The van der Waals surface area contributed by atoms with Crippen LogP contribution in [0.1, 0.15) is 4.88 Å². The van der Waals surface area contributed by atoms with Crippen LogP contribution < -0.4 is 4.31 Å². The number of thiophene rings is 1. The maximum absolute atomic E-state index is 13.0. The first kappa shape index (κ1) is 22.8. The Balaban J connectivity index is 1.40. The van der Waals surface area contributed by atoms with Crippen molar-refractivity contribution in [2.24, 2.45) is 0 Å². The molecule has 4 aromatic rings. The van der Waals surface area contributed by atoms with Crippen molar-refractivity contribution >= 4 is 59.9 Å². The Kier molecular flexibility index (Phi) is 6.02. The first-order valence-electron chi connectivity index (χ1n) is 10.3. The van der Waals surface area contributed by atoms with Gasteiger partial charge in [-0.1, -0.05) is 18.2 Å². The summed E-state index contributed by atoms with van der Waals surface area (Å²) in [6.45, 7) is 2.05. The number of para-hydroxylation sites is 1. The molecule has 0 amide bonds. The fourth-order valence-electron chi connectivity index (χ4n) is 3.84. The lowest BCUT2D eigenvalue weighted by molar-refractivity contribution is 0.280. The van der Waals surface area contributed by atoms with E-state index < -0.39 is 20.6 Å². The van der Waals surface area contributed by atoms with Gasteiger partial charge in [-0.3, -0.25) is 18.3 Å². The third kappa shape index (κ3) is 4.56. The van der Waals surface area contributed by atoms with Gasteiger partial charge in [0.2, 0.25) is 0 Å². The molecule has 0 unspecified atom stereocenters. The molecule has 1 aliphatic rings. The van der Waals surface area contributed by atoms with Crippen molar-refractivity contribution < 1.29 is 17.5 Å². The van der Waals surface area contributed by atoms with Gasteiger partial charge < -0.3 is 4.98 Å². The second-order valence-corrected chi connectivity index (χ2v) is 14.6. The lowest BCUT2D eigenvalue weighted by Gasteiger charge is -2.40. The molecule has 4 heterocycles. The Hall–Kier alpha value is -1.93. The van der Waals surface area contributed by atoms with Gasteiger partial charge in [0.05, 0.1) is 28.4 Å². The van der Waals surface area contributed by atoms with Crippen LogP contribution in [0, 0.1) is 0 Å². The summed E-state index contributed by atoms with van der Waals surface area (Å²) in [5.41, 5.74) is 2.16. The quantitative estimate of drug-likeness (QED) is 0.336. The monoisotopic (exact) mass is 524 g/mol. The second kappa shape index (κ2) is 8.69. The summed E-state index contributed by atoms with van der Waals surface area (Å²) in [5.74, 6) is 0.844. The van der Waals surface area contributed by atoms with Gasteiger partial charge in [0.1, 0.15) is 9.22 Å². The maximum atomic E-state index is 13.0. The van der Waals surface area contributed by atoms with Crippen molar-refractivity contribution in [2.75, 3.05) is 35.9 Å². The summed E-state index contributed by atoms with van der Waals surface area (Å²) < 4.78 is 47.3. The van der Waals surface area contributed by atoms with E-state index in [1.807, 2.05) is 24.4 Å². The second-order valence-electron chi connectivity index (χ2n) is 7.95. The van der Waals surface area contributed by atoms with E-state index in [0.29, 0.717) is 34.5 Å². The Morgan fingerprint density at radius 2 is 2.00 bits per heavy atom. The predicted octanol–water partition coefficient (Wildman–Crippen LogP) is 4.74. The lowest BCUT2D eigenvalue weighted by Crippen LogP contribution is -2.37. The van der Waals surface area contributed by atoms with Crippen LogP contribution in [0.25, 0.3) is 21.6 Å². The van der Waals surface area contributed by atoms with E-state index >= 15 is 0 Å². The fraction of sp³-hybridized carbons (Fsp3) is 0.286. The summed E-state index contributed by atoms with van der Waals surface area (Å²) >= 11 is 2.78. The molecule has 8 nitrogen and oxygen atoms in total. The van der Waals surface area contributed by atoms with Crippen LogP contribution in [0.5, 0.6) is 0 Å². The number of aromatic nitrogens is 2. The molecule has 5 rings (SSSR count). The highest BCUT2D eigenvalue weighted by Gasteiger charge is 2.25. The number of aromatic amines is 1. The molecule has 0 aliphatic carbocycles. The van der Waals surface area contributed by atoms with E-state index in [1.54, 1.807) is 42.0 Å². The molecule has 12 heteroatoms. The highest BCUT2D eigenvalue weighted by molar-refractivity contribution is 8.24. The number of hydrogen-bond acceptors (Lipinski definition) is 8. The van der Waals surface area contributed by atoms with Crippen molar-refractivity contribution in [1.82, 2.24) is 14.9 Å². The van der Waals surface area contributed by atoms with Crippen molar-refractivity contribution in [1.29, 1.82) is 0 Å². The van der Waals surface area contributed by atoms with Crippen LogP contribution in [0.15, 0.2) is 52.2 Å². The van der Waals surface area contributed by atoms with Crippen LogP contribution >= 0.6 is 33.3 Å². The largest absolute Gasteiger partial charge is 0.351 e. The number of anilines is 1. The van der Waals surface area contributed by atoms with E-state index in [1.165, 1.54) is 15.6 Å². The molecular formula is C21H24N4O4S4. The van der Waals surface area contributed by atoms with Gasteiger partial charge in [-0.15, -0.1) is 22.7 Å². The molecule has 3 aromatic heterocycles. The molecule has 1 aromatic carbocycles. The number of H-pyrrole nitrogens is 1. The lowest BCUT2D eigenvalue weighted by atomic mass is 10.2. The number of thiazole rings is 1. The summed E-state index contributed by atoms with van der Waals surface area (Å²) in [4.78, 5) is 11.3. The van der Waals surface area contributed by atoms with Gasteiger partial charge in [0.25, 0.3) is 10.0 Å². The predicted molar refractivity (Wildman–Crippen MR) is 137 cm³/mol. The molecule has 1 fully saturated rings. The summed E-state index contributed by atoms with van der Waals surface area (Å²) in [5, 5.41) is 3.49. The smallest absolute Gasteiger partial charge is 0.273 e. The van der Waals surface area contributed by atoms with Crippen LogP contribution in [0.3, 0.4) is 0 Å². The van der Waals surface area contributed by atoms with E-state index in [0.717, 1.165) is 33.0 Å². The summed E-state index contributed by atoms with van der Waals surface area (Å²) in [6.07, 6.45) is 1.85. The molecule has 0 saturated carbocycles. The van der Waals surface area contributed by atoms with Crippen molar-refractivity contribution in [2.45, 2.75) is 10.8 Å². The Labute approximate surface area is 201 Å². The molecule has 3 N–H and O–H groups in total. The third-order valence-corrected chi connectivity index (χ3v) is 11.5. The molecule has 0 radical (unpaired) electrons. The van der Waals surface area contributed by atoms with E-state index in [4.69, 9.17) is 0 Å². The van der Waals surface area contributed by atoms with Crippen LogP contribution in [-0.4, -0.2) is 64.0 Å². The molecule has 33 heavy (non-hydrogen) atoms. The number of nitrogens with zero attached hydrogens (tertiary/aromatic N) is 3. The van der Waals surface area contributed by atoms with E-state index in [9.17, 15) is 17.5 Å². The molecule has 0 spiro atoms. The SMILES string of the molecule is CN(c1cccc2cc(-c3ncc(CN4CCS(O)(O)CC4)s3)[nH]c12)S(=O)(=O)c1cccs1. The zero-order valence-corrected chi connectivity index (χ0v) is 21.1. The van der Waals surface area contributed by atoms with Crippen molar-refractivity contribution in [3.63, 3.8) is 0 Å². The topological polar surface area (TPSA) is 110 Å². The van der Waals surface area contributed by atoms with Gasteiger partial charge in [0.15, 0.2) is 0 Å². The zero-order valence-electron chi connectivity index (χ0n) is 17.8.